The molecule has 2 aromatic rings. The molecule has 6 nitrogen and oxygen atoms in total. The Kier molecular flexibility index (Phi) is 7.40. The van der Waals surface area contributed by atoms with Gasteiger partial charge in [0.1, 0.15) is 13.5 Å². The van der Waals surface area contributed by atoms with Crippen molar-refractivity contribution in [2.24, 2.45) is 16.3 Å². The lowest BCUT2D eigenvalue weighted by molar-refractivity contribution is -0.122. The van der Waals surface area contributed by atoms with Crippen LogP contribution < -0.4 is 10.4 Å². The zero-order valence-electron chi connectivity index (χ0n) is 16.0. The number of aryl methyl sites for hydroxylation is 1. The van der Waals surface area contributed by atoms with E-state index in [9.17, 15) is 14.6 Å². The van der Waals surface area contributed by atoms with E-state index >= 15 is 0 Å². The fourth-order valence-electron chi connectivity index (χ4n) is 3.14. The van der Waals surface area contributed by atoms with Crippen LogP contribution in [-0.2, 0) is 11.2 Å². The van der Waals surface area contributed by atoms with Crippen LogP contribution in [0.4, 0.5) is 11.4 Å². The SMILES string of the molecule is Bc1cccc(CCC(CN=O)C(=O)N(c2ccc(N=O)cc2)C(C)C)c1. The Morgan fingerprint density at radius 3 is 2.37 bits per heavy atom. The summed E-state index contributed by atoms with van der Waals surface area (Å²) in [5.41, 5.74) is 3.28. The molecule has 0 radical (unpaired) electrons. The lowest BCUT2D eigenvalue weighted by Crippen LogP contribution is -2.42. The minimum Gasteiger partial charge on any atom is -0.310 e. The fraction of sp³-hybridized carbons (Fsp3) is 0.350. The molecule has 1 atom stereocenters. The molecule has 0 aromatic heterocycles. The van der Waals surface area contributed by atoms with Crippen LogP contribution in [0, 0.1) is 15.7 Å². The normalized spacial score (nSPS) is 11.8. The predicted molar refractivity (Wildman–Crippen MR) is 112 cm³/mol. The zero-order valence-corrected chi connectivity index (χ0v) is 16.0. The summed E-state index contributed by atoms with van der Waals surface area (Å²) < 4.78 is 0. The van der Waals surface area contributed by atoms with Crippen molar-refractivity contribution in [3.63, 3.8) is 0 Å². The number of amides is 1. The van der Waals surface area contributed by atoms with Crippen LogP contribution in [0.2, 0.25) is 0 Å². The molecule has 0 saturated carbocycles. The average molecular weight is 365 g/mol. The molecule has 0 spiro atoms. The summed E-state index contributed by atoms with van der Waals surface area (Å²) in [4.78, 5) is 36.4. The number of hydrogen-bond donors (Lipinski definition) is 0. The molecule has 0 N–H and O–H groups in total. The highest BCUT2D eigenvalue weighted by molar-refractivity contribution is 6.32. The van der Waals surface area contributed by atoms with Crippen molar-refractivity contribution in [2.45, 2.75) is 32.7 Å². The fourth-order valence-corrected chi connectivity index (χ4v) is 3.14. The maximum atomic E-state index is 13.2. The topological polar surface area (TPSA) is 79.2 Å². The first-order valence-corrected chi connectivity index (χ1v) is 9.07. The summed E-state index contributed by atoms with van der Waals surface area (Å²) in [5.74, 6) is -0.627. The lowest BCUT2D eigenvalue weighted by atomic mass is 9.91. The summed E-state index contributed by atoms with van der Waals surface area (Å²) in [5, 5.41) is 5.88. The minimum atomic E-state index is -0.491. The van der Waals surface area contributed by atoms with Crippen LogP contribution >= 0.6 is 0 Å². The van der Waals surface area contributed by atoms with Crippen molar-refractivity contribution in [3.8, 4) is 0 Å². The highest BCUT2D eigenvalue weighted by Crippen LogP contribution is 2.25. The van der Waals surface area contributed by atoms with Gasteiger partial charge in [0.2, 0.25) is 5.91 Å². The first-order valence-electron chi connectivity index (χ1n) is 9.07. The van der Waals surface area contributed by atoms with Crippen LogP contribution in [-0.4, -0.2) is 26.3 Å². The molecule has 0 aliphatic rings. The van der Waals surface area contributed by atoms with Gasteiger partial charge in [0.15, 0.2) is 0 Å². The van der Waals surface area contributed by atoms with Gasteiger partial charge in [-0.1, -0.05) is 34.9 Å². The second-order valence-electron chi connectivity index (χ2n) is 6.95. The Bertz CT molecular complexity index is 793. The van der Waals surface area contributed by atoms with E-state index in [2.05, 4.69) is 16.4 Å². The minimum absolute atomic E-state index is 0.0537. The largest absolute Gasteiger partial charge is 0.310 e. The van der Waals surface area contributed by atoms with E-state index in [1.165, 1.54) is 0 Å². The first kappa shape index (κ1) is 20.5. The van der Waals surface area contributed by atoms with Gasteiger partial charge >= 0.3 is 0 Å². The van der Waals surface area contributed by atoms with Crippen LogP contribution in [0.3, 0.4) is 0 Å². The average Bonchev–Trinajstić information content (AvgIpc) is 2.65. The van der Waals surface area contributed by atoms with Crippen molar-refractivity contribution < 1.29 is 4.79 Å². The van der Waals surface area contributed by atoms with E-state index in [1.54, 1.807) is 29.2 Å². The van der Waals surface area contributed by atoms with Crippen molar-refractivity contribution in [3.05, 3.63) is 63.9 Å². The molecular weight excluding hydrogens is 341 g/mol. The molecule has 140 valence electrons. The maximum absolute atomic E-state index is 13.2. The van der Waals surface area contributed by atoms with Gasteiger partial charge in [0.05, 0.1) is 12.5 Å². The smallest absolute Gasteiger partial charge is 0.232 e. The number of carbonyl (C=O) groups excluding carboxylic acids is 1. The standard InChI is InChI=1S/C20H24BN3O3/c1-14(2)24(19-10-8-18(23-27)9-11-19)20(25)16(13-22-26)7-6-15-4-3-5-17(21)12-15/h3-5,8-12,14,16H,6-7,13,21H2,1-2H3. The lowest BCUT2D eigenvalue weighted by Gasteiger charge is -2.30. The van der Waals surface area contributed by atoms with Crippen molar-refractivity contribution in [1.29, 1.82) is 0 Å². The van der Waals surface area contributed by atoms with Gasteiger partial charge in [-0.05, 0) is 61.7 Å². The van der Waals surface area contributed by atoms with Gasteiger partial charge in [-0.2, -0.15) is 4.91 Å². The Labute approximate surface area is 160 Å². The molecule has 2 rings (SSSR count). The van der Waals surface area contributed by atoms with Gasteiger partial charge < -0.3 is 4.90 Å². The van der Waals surface area contributed by atoms with E-state index < -0.39 is 5.92 Å². The van der Waals surface area contributed by atoms with E-state index in [1.807, 2.05) is 39.9 Å². The highest BCUT2D eigenvalue weighted by Gasteiger charge is 2.27. The second-order valence-corrected chi connectivity index (χ2v) is 6.95. The summed E-state index contributed by atoms with van der Waals surface area (Å²) in [6, 6.07) is 14.6. The third kappa shape index (κ3) is 5.57. The number of anilines is 1. The molecule has 0 aliphatic heterocycles. The van der Waals surface area contributed by atoms with Crippen LogP contribution in [0.1, 0.15) is 25.8 Å². The number of rotatable bonds is 9. The third-order valence-corrected chi connectivity index (χ3v) is 4.50. The van der Waals surface area contributed by atoms with E-state index in [4.69, 9.17) is 0 Å². The summed E-state index contributed by atoms with van der Waals surface area (Å²) >= 11 is 0. The Morgan fingerprint density at radius 1 is 1.11 bits per heavy atom. The van der Waals surface area contributed by atoms with Gasteiger partial charge in [0.25, 0.3) is 0 Å². The molecule has 0 heterocycles. The quantitative estimate of drug-likeness (QED) is 0.506. The molecule has 7 heteroatoms. The van der Waals surface area contributed by atoms with E-state index in [0.29, 0.717) is 24.2 Å². The summed E-state index contributed by atoms with van der Waals surface area (Å²) in [6.07, 6.45) is 1.25. The van der Waals surface area contributed by atoms with Gasteiger partial charge in [-0.25, -0.2) is 0 Å². The second kappa shape index (κ2) is 9.76. The number of hydrogen-bond acceptors (Lipinski definition) is 5. The van der Waals surface area contributed by atoms with Gasteiger partial charge in [-0.15, -0.1) is 4.91 Å². The van der Waals surface area contributed by atoms with E-state index in [-0.39, 0.29) is 18.5 Å². The first-order chi connectivity index (χ1) is 13.0. The molecule has 27 heavy (non-hydrogen) atoms. The van der Waals surface area contributed by atoms with Crippen LogP contribution in [0.5, 0.6) is 0 Å². The van der Waals surface area contributed by atoms with Crippen LogP contribution in [0.15, 0.2) is 58.9 Å². The Morgan fingerprint density at radius 2 is 1.81 bits per heavy atom. The Balaban J connectivity index is 2.19. The maximum Gasteiger partial charge on any atom is 0.232 e. The third-order valence-electron chi connectivity index (χ3n) is 4.50. The van der Waals surface area contributed by atoms with Gasteiger partial charge in [0, 0.05) is 11.7 Å². The molecule has 0 fully saturated rings. The molecule has 1 unspecified atom stereocenters. The van der Waals surface area contributed by atoms with E-state index in [0.717, 1.165) is 11.0 Å². The monoisotopic (exact) mass is 365 g/mol. The number of benzene rings is 2. The Hall–Kier alpha value is -2.83. The molecule has 0 saturated heterocycles. The van der Waals surface area contributed by atoms with Gasteiger partial charge in [-0.3, -0.25) is 4.79 Å². The van der Waals surface area contributed by atoms with Crippen LogP contribution in [0.25, 0.3) is 0 Å². The predicted octanol–water partition coefficient (Wildman–Crippen LogP) is 3.10. The molecular formula is C20H24BN3O3. The zero-order chi connectivity index (χ0) is 19.8. The van der Waals surface area contributed by atoms with Crippen molar-refractivity contribution >= 4 is 30.6 Å². The molecule has 1 amide bonds. The number of carbonyl (C=O) groups is 1. The highest BCUT2D eigenvalue weighted by atomic mass is 16.3. The summed E-state index contributed by atoms with van der Waals surface area (Å²) in [6.45, 7) is 3.77. The molecule has 0 bridgehead atoms. The van der Waals surface area contributed by atoms with Crippen molar-refractivity contribution in [1.82, 2.24) is 0 Å². The number of nitroso groups, excluding NO2 is 2. The summed E-state index contributed by atoms with van der Waals surface area (Å²) in [7, 11) is 2.03. The number of nitrogens with zero attached hydrogens (tertiary/aromatic N) is 3. The molecule has 2 aromatic carbocycles. The molecule has 0 aliphatic carbocycles. The van der Waals surface area contributed by atoms with Crippen molar-refractivity contribution in [2.75, 3.05) is 11.4 Å².